The van der Waals surface area contributed by atoms with Crippen molar-refractivity contribution in [2.75, 3.05) is 26.2 Å². The maximum Gasteiger partial charge on any atom is 0.254 e. The van der Waals surface area contributed by atoms with Gasteiger partial charge in [-0.05, 0) is 43.7 Å². The van der Waals surface area contributed by atoms with Crippen LogP contribution in [0.5, 0.6) is 0 Å². The van der Waals surface area contributed by atoms with Gasteiger partial charge in [-0.1, -0.05) is 0 Å². The van der Waals surface area contributed by atoms with Gasteiger partial charge < -0.3 is 10.2 Å². The Bertz CT molecular complexity index is 412. The van der Waals surface area contributed by atoms with E-state index in [0.717, 1.165) is 32.6 Å². The van der Waals surface area contributed by atoms with Crippen LogP contribution in [-0.2, 0) is 0 Å². The van der Waals surface area contributed by atoms with Gasteiger partial charge in [0.05, 0.1) is 0 Å². The van der Waals surface area contributed by atoms with Crippen LogP contribution in [-0.4, -0.2) is 37.0 Å². The lowest BCUT2D eigenvalue weighted by Gasteiger charge is -2.20. The molecule has 1 saturated heterocycles. The summed E-state index contributed by atoms with van der Waals surface area (Å²) < 4.78 is 13.0. The van der Waals surface area contributed by atoms with Gasteiger partial charge in [-0.3, -0.25) is 4.79 Å². The normalized spacial score (nSPS) is 16.7. The first kappa shape index (κ1) is 12.0. The molecule has 1 aromatic rings. The fourth-order valence-corrected chi connectivity index (χ4v) is 2.09. The molecular formula is C13H17FN2O. The van der Waals surface area contributed by atoms with Crippen LogP contribution in [0.3, 0.4) is 0 Å². The van der Waals surface area contributed by atoms with E-state index in [4.69, 9.17) is 0 Å². The number of rotatable bonds is 1. The molecule has 0 radical (unpaired) electrons. The molecule has 3 nitrogen and oxygen atoms in total. The van der Waals surface area contributed by atoms with Gasteiger partial charge in [0.2, 0.25) is 0 Å². The summed E-state index contributed by atoms with van der Waals surface area (Å²) in [6, 6.07) is 4.32. The lowest BCUT2D eigenvalue weighted by Crippen LogP contribution is -2.34. The first-order valence-electron chi connectivity index (χ1n) is 5.94. The van der Waals surface area contributed by atoms with Gasteiger partial charge >= 0.3 is 0 Å². The van der Waals surface area contributed by atoms with Crippen molar-refractivity contribution < 1.29 is 9.18 Å². The molecule has 1 heterocycles. The molecule has 1 aliphatic rings. The zero-order chi connectivity index (χ0) is 12.3. The monoisotopic (exact) mass is 236 g/mol. The number of carbonyl (C=O) groups excluding carboxylic acids is 1. The lowest BCUT2D eigenvalue weighted by atomic mass is 10.1. The van der Waals surface area contributed by atoms with Crippen molar-refractivity contribution in [1.29, 1.82) is 0 Å². The highest BCUT2D eigenvalue weighted by molar-refractivity contribution is 5.95. The van der Waals surface area contributed by atoms with Crippen LogP contribution in [0.1, 0.15) is 22.3 Å². The van der Waals surface area contributed by atoms with Gasteiger partial charge in [0.25, 0.3) is 5.91 Å². The third kappa shape index (κ3) is 2.82. The van der Waals surface area contributed by atoms with Crippen molar-refractivity contribution in [2.45, 2.75) is 13.3 Å². The fourth-order valence-electron chi connectivity index (χ4n) is 2.09. The topological polar surface area (TPSA) is 32.3 Å². The molecule has 0 atom stereocenters. The summed E-state index contributed by atoms with van der Waals surface area (Å²) in [6.07, 6.45) is 0.964. The Morgan fingerprint density at radius 3 is 2.94 bits per heavy atom. The number of benzene rings is 1. The summed E-state index contributed by atoms with van der Waals surface area (Å²) >= 11 is 0. The highest BCUT2D eigenvalue weighted by Crippen LogP contribution is 2.13. The van der Waals surface area contributed by atoms with Crippen LogP contribution in [0, 0.1) is 12.7 Å². The van der Waals surface area contributed by atoms with E-state index in [2.05, 4.69) is 5.32 Å². The molecule has 4 heteroatoms. The Labute approximate surface area is 101 Å². The quantitative estimate of drug-likeness (QED) is 0.802. The Kier molecular flexibility index (Phi) is 3.74. The molecule has 92 valence electrons. The van der Waals surface area contributed by atoms with Crippen molar-refractivity contribution in [2.24, 2.45) is 0 Å². The van der Waals surface area contributed by atoms with E-state index in [-0.39, 0.29) is 11.7 Å². The molecule has 0 spiro atoms. The van der Waals surface area contributed by atoms with Gasteiger partial charge in [0.1, 0.15) is 5.82 Å². The fraction of sp³-hybridized carbons (Fsp3) is 0.462. The van der Waals surface area contributed by atoms with Crippen molar-refractivity contribution in [3.8, 4) is 0 Å². The lowest BCUT2D eigenvalue weighted by molar-refractivity contribution is 0.0765. The standard InChI is InChI=1S/C13H17FN2O/c1-10-9-11(14)3-4-12(10)13(17)16-7-2-5-15-6-8-16/h3-4,9,15H,2,5-8H2,1H3. The zero-order valence-electron chi connectivity index (χ0n) is 10.0. The molecule has 0 aromatic heterocycles. The second kappa shape index (κ2) is 5.27. The number of hydrogen-bond donors (Lipinski definition) is 1. The summed E-state index contributed by atoms with van der Waals surface area (Å²) in [7, 11) is 0. The minimum atomic E-state index is -0.295. The number of nitrogens with zero attached hydrogens (tertiary/aromatic N) is 1. The molecule has 0 bridgehead atoms. The molecule has 17 heavy (non-hydrogen) atoms. The van der Waals surface area contributed by atoms with E-state index in [1.165, 1.54) is 12.1 Å². The third-order valence-corrected chi connectivity index (χ3v) is 3.05. The van der Waals surface area contributed by atoms with E-state index in [1.54, 1.807) is 13.0 Å². The highest BCUT2D eigenvalue weighted by Gasteiger charge is 2.18. The molecule has 0 aliphatic carbocycles. The van der Waals surface area contributed by atoms with Crippen LogP contribution in [0.15, 0.2) is 18.2 Å². The summed E-state index contributed by atoms with van der Waals surface area (Å²) in [6.45, 7) is 5.03. The van der Waals surface area contributed by atoms with Gasteiger partial charge in [0.15, 0.2) is 0 Å². The van der Waals surface area contributed by atoms with Crippen LogP contribution < -0.4 is 5.32 Å². The van der Waals surface area contributed by atoms with Crippen molar-refractivity contribution >= 4 is 5.91 Å². The van der Waals surface area contributed by atoms with Crippen LogP contribution in [0.4, 0.5) is 4.39 Å². The predicted molar refractivity (Wildman–Crippen MR) is 64.5 cm³/mol. The second-order valence-electron chi connectivity index (χ2n) is 4.35. The summed E-state index contributed by atoms with van der Waals surface area (Å²) in [5.41, 5.74) is 1.31. The van der Waals surface area contributed by atoms with Gasteiger partial charge in [-0.2, -0.15) is 0 Å². The van der Waals surface area contributed by atoms with Crippen molar-refractivity contribution in [1.82, 2.24) is 10.2 Å². The first-order valence-corrected chi connectivity index (χ1v) is 5.94. The summed E-state index contributed by atoms with van der Waals surface area (Å²) in [4.78, 5) is 14.1. The highest BCUT2D eigenvalue weighted by atomic mass is 19.1. The Morgan fingerprint density at radius 1 is 1.35 bits per heavy atom. The molecule has 0 unspecified atom stereocenters. The SMILES string of the molecule is Cc1cc(F)ccc1C(=O)N1CCCNCC1. The van der Waals surface area contributed by atoms with Crippen molar-refractivity contribution in [3.63, 3.8) is 0 Å². The molecule has 1 amide bonds. The van der Waals surface area contributed by atoms with Gasteiger partial charge in [-0.25, -0.2) is 4.39 Å². The van der Waals surface area contributed by atoms with E-state index in [1.807, 2.05) is 4.90 Å². The average Bonchev–Trinajstić information content (AvgIpc) is 2.56. The number of aryl methyl sites for hydroxylation is 1. The average molecular weight is 236 g/mol. The molecule has 1 aromatic carbocycles. The van der Waals surface area contributed by atoms with Crippen LogP contribution in [0.25, 0.3) is 0 Å². The number of nitrogens with one attached hydrogen (secondary N) is 1. The van der Waals surface area contributed by atoms with Gasteiger partial charge in [-0.15, -0.1) is 0 Å². The molecule has 1 aliphatic heterocycles. The Balaban J connectivity index is 2.17. The van der Waals surface area contributed by atoms with E-state index in [9.17, 15) is 9.18 Å². The second-order valence-corrected chi connectivity index (χ2v) is 4.35. The zero-order valence-corrected chi connectivity index (χ0v) is 10.0. The minimum absolute atomic E-state index is 0.00574. The van der Waals surface area contributed by atoms with Crippen LogP contribution >= 0.6 is 0 Å². The number of carbonyl (C=O) groups is 1. The number of amides is 1. The van der Waals surface area contributed by atoms with Gasteiger partial charge in [0, 0.05) is 25.2 Å². The number of halogens is 1. The molecule has 1 fully saturated rings. The third-order valence-electron chi connectivity index (χ3n) is 3.05. The maximum absolute atomic E-state index is 13.0. The summed E-state index contributed by atoms with van der Waals surface area (Å²) in [5.74, 6) is -0.289. The maximum atomic E-state index is 13.0. The minimum Gasteiger partial charge on any atom is -0.337 e. The van der Waals surface area contributed by atoms with E-state index < -0.39 is 0 Å². The largest absolute Gasteiger partial charge is 0.337 e. The predicted octanol–water partition coefficient (Wildman–Crippen LogP) is 1.57. The van der Waals surface area contributed by atoms with E-state index >= 15 is 0 Å². The molecule has 1 N–H and O–H groups in total. The molecule has 2 rings (SSSR count). The Hall–Kier alpha value is -1.42. The number of hydrogen-bond acceptors (Lipinski definition) is 2. The smallest absolute Gasteiger partial charge is 0.254 e. The van der Waals surface area contributed by atoms with E-state index in [0.29, 0.717) is 11.1 Å². The molecular weight excluding hydrogens is 219 g/mol. The van der Waals surface area contributed by atoms with Crippen LogP contribution in [0.2, 0.25) is 0 Å². The summed E-state index contributed by atoms with van der Waals surface area (Å²) in [5, 5.41) is 3.25. The van der Waals surface area contributed by atoms with Crippen molar-refractivity contribution in [3.05, 3.63) is 35.1 Å². The Morgan fingerprint density at radius 2 is 2.18 bits per heavy atom. The first-order chi connectivity index (χ1) is 8.18. The molecule has 0 saturated carbocycles.